The molecule has 1 aliphatic heterocycles. The Morgan fingerprint density at radius 2 is 1.82 bits per heavy atom. The number of hydrogen-bond acceptors (Lipinski definition) is 5. The summed E-state index contributed by atoms with van der Waals surface area (Å²) in [6.07, 6.45) is 0. The molecule has 1 unspecified atom stereocenters. The van der Waals surface area contributed by atoms with Crippen molar-refractivity contribution in [1.82, 2.24) is 10.4 Å². The second-order valence-electron chi connectivity index (χ2n) is 4.16. The highest BCUT2D eigenvalue weighted by Gasteiger charge is 2.18. The van der Waals surface area contributed by atoms with Crippen LogP contribution in [0.1, 0.15) is 18.5 Å². The van der Waals surface area contributed by atoms with Gasteiger partial charge in [-0.2, -0.15) is 0 Å². The van der Waals surface area contributed by atoms with Crippen LogP contribution >= 0.6 is 0 Å². The van der Waals surface area contributed by atoms with Gasteiger partial charge in [0.05, 0.1) is 24.8 Å². The summed E-state index contributed by atoms with van der Waals surface area (Å²) in [6.45, 7) is 4.92. The topological polar surface area (TPSA) is 65.0 Å². The van der Waals surface area contributed by atoms with Gasteiger partial charge >= 0.3 is 0 Å². The molecule has 1 heterocycles. The van der Waals surface area contributed by atoms with Gasteiger partial charge in [-0.3, -0.25) is 0 Å². The van der Waals surface area contributed by atoms with Crippen LogP contribution in [0.15, 0.2) is 18.2 Å². The highest BCUT2D eigenvalue weighted by Crippen LogP contribution is 2.32. The van der Waals surface area contributed by atoms with Crippen molar-refractivity contribution in [2.24, 2.45) is 0 Å². The summed E-state index contributed by atoms with van der Waals surface area (Å²) in [4.78, 5) is 0. The zero-order valence-corrected chi connectivity index (χ0v) is 9.89. The number of hydrazine groups is 1. The number of phenolic OH excluding ortho intramolecular Hbond substituents is 2. The number of phenols is 2. The van der Waals surface area contributed by atoms with Crippen LogP contribution in [0.25, 0.3) is 0 Å². The fourth-order valence-corrected chi connectivity index (χ4v) is 2.02. The number of hydrogen-bond donors (Lipinski definition) is 3. The Morgan fingerprint density at radius 1 is 1.24 bits per heavy atom. The minimum absolute atomic E-state index is 0.109. The molecule has 1 atom stereocenters. The van der Waals surface area contributed by atoms with E-state index in [1.165, 1.54) is 0 Å². The number of nitrogens with one attached hydrogen (secondary N) is 1. The number of benzene rings is 1. The van der Waals surface area contributed by atoms with Crippen LogP contribution < -0.4 is 5.43 Å². The molecule has 0 aromatic heterocycles. The first kappa shape index (κ1) is 12.2. The monoisotopic (exact) mass is 238 g/mol. The smallest absolute Gasteiger partial charge is 0.124 e. The maximum Gasteiger partial charge on any atom is 0.124 e. The third kappa shape index (κ3) is 2.88. The summed E-state index contributed by atoms with van der Waals surface area (Å²) in [5, 5.41) is 21.5. The molecule has 17 heavy (non-hydrogen) atoms. The van der Waals surface area contributed by atoms with Gasteiger partial charge in [0, 0.05) is 13.1 Å². The molecule has 1 aromatic carbocycles. The van der Waals surface area contributed by atoms with Gasteiger partial charge < -0.3 is 14.9 Å². The molecule has 2 rings (SSSR count). The van der Waals surface area contributed by atoms with Gasteiger partial charge in [-0.05, 0) is 19.1 Å². The van der Waals surface area contributed by atoms with Crippen molar-refractivity contribution < 1.29 is 14.9 Å². The van der Waals surface area contributed by atoms with Gasteiger partial charge in [0.2, 0.25) is 0 Å². The summed E-state index contributed by atoms with van der Waals surface area (Å²) in [6, 6.07) is 4.63. The van der Waals surface area contributed by atoms with Crippen molar-refractivity contribution >= 4 is 0 Å². The van der Waals surface area contributed by atoms with Crippen LogP contribution in [0.3, 0.4) is 0 Å². The number of ether oxygens (including phenoxy) is 1. The summed E-state index contributed by atoms with van der Waals surface area (Å²) < 4.78 is 5.25. The van der Waals surface area contributed by atoms with Crippen molar-refractivity contribution in [3.63, 3.8) is 0 Å². The van der Waals surface area contributed by atoms with Crippen LogP contribution in [0.5, 0.6) is 11.5 Å². The zero-order valence-electron chi connectivity index (χ0n) is 9.89. The fraction of sp³-hybridized carbons (Fsp3) is 0.500. The van der Waals surface area contributed by atoms with Crippen LogP contribution in [0.2, 0.25) is 0 Å². The number of nitrogens with zero attached hydrogens (tertiary/aromatic N) is 1. The van der Waals surface area contributed by atoms with Gasteiger partial charge in [-0.1, -0.05) is 6.07 Å². The lowest BCUT2D eigenvalue weighted by Crippen LogP contribution is -2.46. The van der Waals surface area contributed by atoms with Gasteiger partial charge in [-0.15, -0.1) is 0 Å². The number of rotatable bonds is 3. The van der Waals surface area contributed by atoms with Crippen molar-refractivity contribution in [2.75, 3.05) is 26.3 Å². The Morgan fingerprint density at radius 3 is 2.41 bits per heavy atom. The fourth-order valence-electron chi connectivity index (χ4n) is 2.02. The Kier molecular flexibility index (Phi) is 3.83. The van der Waals surface area contributed by atoms with Gasteiger partial charge in [0.15, 0.2) is 0 Å². The first-order valence-corrected chi connectivity index (χ1v) is 5.78. The quantitative estimate of drug-likeness (QED) is 0.733. The van der Waals surface area contributed by atoms with Crippen LogP contribution in [-0.4, -0.2) is 41.5 Å². The third-order valence-electron chi connectivity index (χ3n) is 2.88. The zero-order chi connectivity index (χ0) is 12.3. The van der Waals surface area contributed by atoms with Crippen molar-refractivity contribution in [3.05, 3.63) is 23.8 Å². The molecule has 94 valence electrons. The van der Waals surface area contributed by atoms with E-state index in [9.17, 15) is 10.2 Å². The predicted molar refractivity (Wildman–Crippen MR) is 63.7 cm³/mol. The first-order chi connectivity index (χ1) is 8.18. The van der Waals surface area contributed by atoms with Crippen molar-refractivity contribution in [1.29, 1.82) is 0 Å². The van der Waals surface area contributed by atoms with Crippen LogP contribution in [-0.2, 0) is 4.74 Å². The lowest BCUT2D eigenvalue weighted by molar-refractivity contribution is 0.00454. The maximum absolute atomic E-state index is 9.75. The van der Waals surface area contributed by atoms with Crippen molar-refractivity contribution in [3.8, 4) is 11.5 Å². The summed E-state index contributed by atoms with van der Waals surface area (Å²) in [7, 11) is 0. The molecule has 3 N–H and O–H groups in total. The molecule has 0 radical (unpaired) electrons. The average molecular weight is 238 g/mol. The molecule has 0 aliphatic carbocycles. The normalized spacial score (nSPS) is 19.1. The van der Waals surface area contributed by atoms with Crippen LogP contribution in [0.4, 0.5) is 0 Å². The Balaban J connectivity index is 2.05. The molecule has 0 amide bonds. The Hall–Kier alpha value is -1.30. The molecule has 0 spiro atoms. The SMILES string of the molecule is CC(NN1CCOCC1)c1c(O)cccc1O. The van der Waals surface area contributed by atoms with E-state index in [1.54, 1.807) is 18.2 Å². The predicted octanol–water partition coefficient (Wildman–Crippen LogP) is 0.996. The van der Waals surface area contributed by atoms with E-state index in [0.29, 0.717) is 18.8 Å². The highest BCUT2D eigenvalue weighted by atomic mass is 16.5. The highest BCUT2D eigenvalue weighted by molar-refractivity contribution is 5.44. The van der Waals surface area contributed by atoms with E-state index in [4.69, 9.17) is 4.74 Å². The lowest BCUT2D eigenvalue weighted by Gasteiger charge is -2.30. The molecule has 5 heteroatoms. The van der Waals surface area contributed by atoms with Crippen molar-refractivity contribution in [2.45, 2.75) is 13.0 Å². The molecule has 5 nitrogen and oxygen atoms in total. The van der Waals surface area contributed by atoms with E-state index >= 15 is 0 Å². The van der Waals surface area contributed by atoms with E-state index in [2.05, 4.69) is 5.43 Å². The number of morpholine rings is 1. The molecular formula is C12H18N2O3. The van der Waals surface area contributed by atoms with E-state index in [1.807, 2.05) is 11.9 Å². The summed E-state index contributed by atoms with van der Waals surface area (Å²) in [5.41, 5.74) is 3.78. The van der Waals surface area contributed by atoms with Gasteiger partial charge in [0.1, 0.15) is 11.5 Å². The summed E-state index contributed by atoms with van der Waals surface area (Å²) >= 11 is 0. The van der Waals surface area contributed by atoms with E-state index in [0.717, 1.165) is 13.1 Å². The Labute approximate surface area is 101 Å². The third-order valence-corrected chi connectivity index (χ3v) is 2.88. The molecular weight excluding hydrogens is 220 g/mol. The van der Waals surface area contributed by atoms with Gasteiger partial charge in [-0.25, -0.2) is 10.4 Å². The average Bonchev–Trinajstić information content (AvgIpc) is 2.30. The van der Waals surface area contributed by atoms with E-state index in [-0.39, 0.29) is 17.5 Å². The largest absolute Gasteiger partial charge is 0.507 e. The molecule has 0 bridgehead atoms. The molecule has 1 saturated heterocycles. The Bertz CT molecular complexity index is 358. The summed E-state index contributed by atoms with van der Waals surface area (Å²) in [5.74, 6) is 0.219. The first-order valence-electron chi connectivity index (χ1n) is 5.78. The number of aromatic hydroxyl groups is 2. The molecule has 0 saturated carbocycles. The maximum atomic E-state index is 9.75. The minimum Gasteiger partial charge on any atom is -0.507 e. The molecule has 1 fully saturated rings. The van der Waals surface area contributed by atoms with Crippen LogP contribution in [0, 0.1) is 0 Å². The standard InChI is InChI=1S/C12H18N2O3/c1-9(13-14-5-7-17-8-6-14)12-10(15)3-2-4-11(12)16/h2-4,9,13,15-16H,5-8H2,1H3. The second kappa shape index (κ2) is 5.35. The second-order valence-corrected chi connectivity index (χ2v) is 4.16. The van der Waals surface area contributed by atoms with Gasteiger partial charge in [0.25, 0.3) is 0 Å². The molecule has 1 aromatic rings. The minimum atomic E-state index is -0.144. The van der Waals surface area contributed by atoms with E-state index < -0.39 is 0 Å². The lowest BCUT2D eigenvalue weighted by atomic mass is 10.1. The molecule has 1 aliphatic rings.